The second-order valence-electron chi connectivity index (χ2n) is 5.34. The Balaban J connectivity index is 2.11. The second-order valence-corrected chi connectivity index (χ2v) is 5.65. The highest BCUT2D eigenvalue weighted by molar-refractivity contribution is 7.79. The van der Waals surface area contributed by atoms with Crippen LogP contribution in [-0.4, -0.2) is 9.97 Å². The van der Waals surface area contributed by atoms with E-state index in [1.807, 2.05) is 54.6 Å². The summed E-state index contributed by atoms with van der Waals surface area (Å²) < 4.78 is 0. The van der Waals surface area contributed by atoms with Crippen molar-refractivity contribution in [3.8, 4) is 0 Å². The molecule has 5 heteroatoms. The number of hydrogen-bond acceptors (Lipinski definition) is 3. The van der Waals surface area contributed by atoms with Crippen molar-refractivity contribution in [3.05, 3.63) is 103 Å². The van der Waals surface area contributed by atoms with Gasteiger partial charge in [-0.05, 0) is 28.8 Å². The first-order chi connectivity index (χ1) is 11.7. The molecule has 2 N–H and O–H groups in total. The zero-order valence-electron chi connectivity index (χ0n) is 12.8. The van der Waals surface area contributed by atoms with E-state index in [0.29, 0.717) is 5.75 Å². The van der Waals surface area contributed by atoms with Crippen LogP contribution in [0.25, 0.3) is 12.2 Å². The van der Waals surface area contributed by atoms with Crippen molar-refractivity contribution >= 4 is 24.8 Å². The van der Waals surface area contributed by atoms with E-state index >= 15 is 0 Å². The molecule has 120 valence electrons. The maximum Gasteiger partial charge on any atom is 0.272 e. The van der Waals surface area contributed by atoms with Crippen LogP contribution in [0.2, 0.25) is 0 Å². The molecule has 1 aromatic heterocycles. The number of hydrogen-bond donors (Lipinski definition) is 3. The highest BCUT2D eigenvalue weighted by atomic mass is 32.1. The van der Waals surface area contributed by atoms with Crippen molar-refractivity contribution in [2.45, 2.75) is 5.75 Å². The maximum absolute atomic E-state index is 12.2. The van der Waals surface area contributed by atoms with Gasteiger partial charge in [0.1, 0.15) is 10.7 Å². The molecular weight excluding hydrogens is 320 g/mol. The van der Waals surface area contributed by atoms with Crippen LogP contribution in [-0.2, 0) is 5.75 Å². The molecule has 0 amide bonds. The summed E-state index contributed by atoms with van der Waals surface area (Å²) in [6.45, 7) is 0. The minimum absolute atomic E-state index is 0.224. The Morgan fingerprint density at radius 1 is 0.792 bits per heavy atom. The molecule has 0 fully saturated rings. The summed E-state index contributed by atoms with van der Waals surface area (Å²) in [5, 5.41) is 0.453. The quantitative estimate of drug-likeness (QED) is 0.628. The number of aromatic amines is 2. The predicted molar refractivity (Wildman–Crippen MR) is 99.6 cm³/mol. The summed E-state index contributed by atoms with van der Waals surface area (Å²) in [6.07, 6.45) is 3.30. The monoisotopic (exact) mass is 336 g/mol. The molecule has 0 unspecified atom stereocenters. The number of aromatic nitrogens is 2. The summed E-state index contributed by atoms with van der Waals surface area (Å²) in [6, 6.07) is 17.0. The van der Waals surface area contributed by atoms with Gasteiger partial charge in [0.25, 0.3) is 11.1 Å². The van der Waals surface area contributed by atoms with E-state index < -0.39 is 0 Å². The number of nitrogens with one attached hydrogen (secondary N) is 2. The predicted octanol–water partition coefficient (Wildman–Crippen LogP) is 1.15. The Bertz CT molecular complexity index is 1080. The number of rotatable bonds is 3. The van der Waals surface area contributed by atoms with Crippen molar-refractivity contribution in [2.24, 2.45) is 0 Å². The van der Waals surface area contributed by atoms with Crippen LogP contribution in [0, 0.1) is 0 Å². The molecule has 2 aromatic carbocycles. The molecule has 4 nitrogen and oxygen atoms in total. The van der Waals surface area contributed by atoms with Crippen LogP contribution in [0.4, 0.5) is 0 Å². The lowest BCUT2D eigenvalue weighted by atomic mass is 10.1. The fourth-order valence-electron chi connectivity index (χ4n) is 2.36. The van der Waals surface area contributed by atoms with E-state index in [-0.39, 0.29) is 21.8 Å². The third kappa shape index (κ3) is 3.75. The van der Waals surface area contributed by atoms with Gasteiger partial charge in [-0.25, -0.2) is 0 Å². The summed E-state index contributed by atoms with van der Waals surface area (Å²) in [4.78, 5) is 29.8. The van der Waals surface area contributed by atoms with Crippen LogP contribution in [0.15, 0.2) is 64.2 Å². The fraction of sp³-hybridized carbons (Fsp3) is 0.0526. The van der Waals surface area contributed by atoms with Crippen LogP contribution in [0.1, 0.15) is 16.7 Å². The normalized spacial score (nSPS) is 12.5. The Morgan fingerprint density at radius 3 is 2.00 bits per heavy atom. The zero-order chi connectivity index (χ0) is 16.9. The first kappa shape index (κ1) is 16.1. The molecule has 1 heterocycles. The van der Waals surface area contributed by atoms with Crippen molar-refractivity contribution in [2.75, 3.05) is 0 Å². The molecule has 3 rings (SSSR count). The second kappa shape index (κ2) is 7.19. The van der Waals surface area contributed by atoms with Gasteiger partial charge < -0.3 is 9.97 Å². The molecule has 24 heavy (non-hydrogen) atoms. The van der Waals surface area contributed by atoms with Gasteiger partial charge in [0.15, 0.2) is 0 Å². The molecule has 3 aromatic rings. The Labute approximate surface area is 143 Å². The third-order valence-corrected chi connectivity index (χ3v) is 3.91. The van der Waals surface area contributed by atoms with Gasteiger partial charge in [-0.2, -0.15) is 12.6 Å². The molecule has 0 aliphatic rings. The van der Waals surface area contributed by atoms with Crippen LogP contribution >= 0.6 is 12.6 Å². The molecule has 0 saturated heterocycles. The largest absolute Gasteiger partial charge is 0.316 e. The Kier molecular flexibility index (Phi) is 4.82. The van der Waals surface area contributed by atoms with Gasteiger partial charge >= 0.3 is 0 Å². The molecule has 0 radical (unpaired) electrons. The average molecular weight is 336 g/mol. The first-order valence-corrected chi connectivity index (χ1v) is 8.10. The topological polar surface area (TPSA) is 65.7 Å². The molecule has 0 bridgehead atoms. The van der Waals surface area contributed by atoms with E-state index in [2.05, 4.69) is 22.6 Å². The molecule has 0 aliphatic carbocycles. The smallest absolute Gasteiger partial charge is 0.272 e. The lowest BCUT2D eigenvalue weighted by molar-refractivity contribution is 1.00. The number of benzene rings is 2. The van der Waals surface area contributed by atoms with Gasteiger partial charge in [-0.1, -0.05) is 54.6 Å². The van der Waals surface area contributed by atoms with Crippen LogP contribution in [0.5, 0.6) is 0 Å². The van der Waals surface area contributed by atoms with Crippen molar-refractivity contribution in [1.29, 1.82) is 0 Å². The summed E-state index contributed by atoms with van der Waals surface area (Å²) in [5.74, 6) is 0.611. The van der Waals surface area contributed by atoms with Crippen LogP contribution in [0.3, 0.4) is 0 Å². The van der Waals surface area contributed by atoms with Gasteiger partial charge in [-0.15, -0.1) is 0 Å². The lowest BCUT2D eigenvalue weighted by Gasteiger charge is -1.98. The SMILES string of the molecule is O=c1[nH]/c(=C\c2cccc(CS)c2)c(=O)[nH]/c1=C\c1ccccc1. The highest BCUT2D eigenvalue weighted by Gasteiger charge is 1.97. The standard InChI is InChI=1S/C19H16N2O2S/c22-18-16(10-13-5-2-1-3-6-13)20-19(23)17(21-18)11-14-7-4-8-15(9-14)12-24/h1-11,24H,12H2,(H,20,23)(H,21,22)/b16-10-,17-11-. The van der Waals surface area contributed by atoms with E-state index in [4.69, 9.17) is 0 Å². The Morgan fingerprint density at radius 2 is 1.38 bits per heavy atom. The van der Waals surface area contributed by atoms with Crippen LogP contribution < -0.4 is 21.8 Å². The minimum Gasteiger partial charge on any atom is -0.316 e. The summed E-state index contributed by atoms with van der Waals surface area (Å²) in [7, 11) is 0. The van der Waals surface area contributed by atoms with Gasteiger partial charge in [0.2, 0.25) is 0 Å². The van der Waals surface area contributed by atoms with Crippen molar-refractivity contribution in [3.63, 3.8) is 0 Å². The molecule has 0 spiro atoms. The van der Waals surface area contributed by atoms with Gasteiger partial charge in [0, 0.05) is 5.75 Å². The number of H-pyrrole nitrogens is 2. The van der Waals surface area contributed by atoms with E-state index in [0.717, 1.165) is 16.7 Å². The van der Waals surface area contributed by atoms with E-state index in [1.165, 1.54) is 0 Å². The lowest BCUT2D eigenvalue weighted by Crippen LogP contribution is -2.46. The average Bonchev–Trinajstić information content (AvgIpc) is 2.60. The summed E-state index contributed by atoms with van der Waals surface area (Å²) >= 11 is 4.24. The van der Waals surface area contributed by atoms with E-state index in [9.17, 15) is 9.59 Å². The van der Waals surface area contributed by atoms with Gasteiger partial charge in [-0.3, -0.25) is 9.59 Å². The zero-order valence-corrected chi connectivity index (χ0v) is 13.7. The first-order valence-electron chi connectivity index (χ1n) is 7.46. The van der Waals surface area contributed by atoms with E-state index in [1.54, 1.807) is 12.2 Å². The molecule has 0 atom stereocenters. The Hall–Kier alpha value is -2.79. The third-order valence-electron chi connectivity index (χ3n) is 3.54. The van der Waals surface area contributed by atoms with Gasteiger partial charge in [0.05, 0.1) is 0 Å². The molecule has 0 aliphatic heterocycles. The summed E-state index contributed by atoms with van der Waals surface area (Å²) in [5.41, 5.74) is 2.04. The number of thiol groups is 1. The maximum atomic E-state index is 12.2. The fourth-order valence-corrected chi connectivity index (χ4v) is 2.56. The minimum atomic E-state index is -0.340. The molecule has 0 saturated carbocycles. The highest BCUT2D eigenvalue weighted by Crippen LogP contribution is 2.07. The molecular formula is C19H16N2O2S. The van der Waals surface area contributed by atoms with Crippen molar-refractivity contribution in [1.82, 2.24) is 9.97 Å². The van der Waals surface area contributed by atoms with Crippen molar-refractivity contribution < 1.29 is 0 Å².